The summed E-state index contributed by atoms with van der Waals surface area (Å²) in [5, 5.41) is 23.6. The van der Waals surface area contributed by atoms with Crippen molar-refractivity contribution in [2.24, 2.45) is 0 Å². The van der Waals surface area contributed by atoms with E-state index in [2.05, 4.69) is 5.32 Å². The van der Waals surface area contributed by atoms with Gasteiger partial charge in [0, 0.05) is 23.7 Å². The van der Waals surface area contributed by atoms with Gasteiger partial charge in [-0.15, -0.1) is 0 Å². The van der Waals surface area contributed by atoms with Crippen molar-refractivity contribution in [3.05, 3.63) is 75.8 Å². The topological polar surface area (TPSA) is 92.5 Å². The largest absolute Gasteiger partial charge is 0.388 e. The van der Waals surface area contributed by atoms with Crippen LogP contribution >= 0.6 is 0 Å². The standard InChI is InChI=1S/C17H18N2O4/c1-12(10-16(20)13-6-3-2-4-7-13)18-17(21)14-8-5-9-15(11-14)19(22)23/h2-9,11-12,16,20H,10H2,1H3,(H,18,21)/t12-,16+/m0/s1. The van der Waals surface area contributed by atoms with Gasteiger partial charge in [0.15, 0.2) is 0 Å². The van der Waals surface area contributed by atoms with Crippen LogP contribution in [0.5, 0.6) is 0 Å². The van der Waals surface area contributed by atoms with Gasteiger partial charge in [0.2, 0.25) is 0 Å². The number of nitrogens with zero attached hydrogens (tertiary/aromatic N) is 1. The van der Waals surface area contributed by atoms with Crippen molar-refractivity contribution in [2.45, 2.75) is 25.5 Å². The van der Waals surface area contributed by atoms with Gasteiger partial charge in [-0.05, 0) is 25.0 Å². The molecule has 0 fully saturated rings. The summed E-state index contributed by atoms with van der Waals surface area (Å²) in [7, 11) is 0. The number of nitro groups is 1. The van der Waals surface area contributed by atoms with E-state index in [1.54, 1.807) is 6.92 Å². The number of hydrogen-bond acceptors (Lipinski definition) is 4. The summed E-state index contributed by atoms with van der Waals surface area (Å²) in [4.78, 5) is 22.3. The molecule has 0 aliphatic heterocycles. The SMILES string of the molecule is C[C@@H](C[C@@H](O)c1ccccc1)NC(=O)c1cccc([N+](=O)[O-])c1. The molecule has 0 aliphatic rings. The fourth-order valence-corrected chi connectivity index (χ4v) is 2.27. The minimum absolute atomic E-state index is 0.130. The van der Waals surface area contributed by atoms with E-state index in [0.717, 1.165) is 5.56 Å². The maximum atomic E-state index is 12.1. The zero-order chi connectivity index (χ0) is 16.8. The van der Waals surface area contributed by atoms with Crippen LogP contribution in [0.3, 0.4) is 0 Å². The first-order valence-corrected chi connectivity index (χ1v) is 7.25. The van der Waals surface area contributed by atoms with Crippen LogP contribution in [0.4, 0.5) is 5.69 Å². The molecule has 0 bridgehead atoms. The second-order valence-electron chi connectivity index (χ2n) is 5.34. The molecule has 6 heteroatoms. The summed E-state index contributed by atoms with van der Waals surface area (Å²) in [6.07, 6.45) is -0.332. The van der Waals surface area contributed by atoms with Crippen LogP contribution in [-0.2, 0) is 0 Å². The van der Waals surface area contributed by atoms with Gasteiger partial charge >= 0.3 is 0 Å². The molecule has 23 heavy (non-hydrogen) atoms. The number of aliphatic hydroxyl groups is 1. The highest BCUT2D eigenvalue weighted by Gasteiger charge is 2.16. The number of amides is 1. The second kappa shape index (κ2) is 7.51. The molecule has 2 aromatic rings. The molecule has 6 nitrogen and oxygen atoms in total. The Morgan fingerprint density at radius 2 is 1.91 bits per heavy atom. The van der Waals surface area contributed by atoms with Crippen LogP contribution in [0.1, 0.15) is 35.4 Å². The van der Waals surface area contributed by atoms with Gasteiger partial charge in [0.1, 0.15) is 0 Å². The Bertz CT molecular complexity index is 688. The lowest BCUT2D eigenvalue weighted by Gasteiger charge is -2.18. The first-order chi connectivity index (χ1) is 11.0. The van der Waals surface area contributed by atoms with Crippen molar-refractivity contribution in [2.75, 3.05) is 0 Å². The first-order valence-electron chi connectivity index (χ1n) is 7.25. The van der Waals surface area contributed by atoms with Crippen LogP contribution in [0.15, 0.2) is 54.6 Å². The summed E-state index contributed by atoms with van der Waals surface area (Å²) >= 11 is 0. The molecular weight excluding hydrogens is 296 g/mol. The molecule has 120 valence electrons. The Morgan fingerprint density at radius 3 is 2.57 bits per heavy atom. The minimum atomic E-state index is -0.684. The third-order valence-electron chi connectivity index (χ3n) is 3.46. The number of carbonyl (C=O) groups is 1. The third-order valence-corrected chi connectivity index (χ3v) is 3.46. The number of aliphatic hydroxyl groups excluding tert-OH is 1. The van der Waals surface area contributed by atoms with Crippen molar-refractivity contribution in [1.29, 1.82) is 0 Å². The maximum absolute atomic E-state index is 12.1. The minimum Gasteiger partial charge on any atom is -0.388 e. The molecule has 2 atom stereocenters. The average molecular weight is 314 g/mol. The van der Waals surface area contributed by atoms with Gasteiger partial charge in [0.25, 0.3) is 11.6 Å². The quantitative estimate of drug-likeness (QED) is 0.633. The maximum Gasteiger partial charge on any atom is 0.270 e. The van der Waals surface area contributed by atoms with Gasteiger partial charge in [-0.25, -0.2) is 0 Å². The van der Waals surface area contributed by atoms with Gasteiger partial charge in [0.05, 0.1) is 11.0 Å². The predicted octanol–water partition coefficient (Wildman–Crippen LogP) is 2.84. The lowest BCUT2D eigenvalue weighted by molar-refractivity contribution is -0.384. The van der Waals surface area contributed by atoms with Crippen LogP contribution in [0.2, 0.25) is 0 Å². The normalized spacial score (nSPS) is 13.1. The predicted molar refractivity (Wildman–Crippen MR) is 86.0 cm³/mol. The third kappa shape index (κ3) is 4.62. The van der Waals surface area contributed by atoms with Crippen molar-refractivity contribution < 1.29 is 14.8 Å². The molecule has 1 amide bonds. The van der Waals surface area contributed by atoms with E-state index in [1.165, 1.54) is 24.3 Å². The summed E-state index contributed by atoms with van der Waals surface area (Å²) in [5.74, 6) is -0.401. The van der Waals surface area contributed by atoms with Crippen LogP contribution in [-0.4, -0.2) is 22.0 Å². The molecule has 0 aliphatic carbocycles. The van der Waals surface area contributed by atoms with Gasteiger partial charge in [-0.2, -0.15) is 0 Å². The Balaban J connectivity index is 1.97. The average Bonchev–Trinajstić information content (AvgIpc) is 2.55. The summed E-state index contributed by atoms with van der Waals surface area (Å²) in [5.41, 5.74) is 0.874. The van der Waals surface area contributed by atoms with Gasteiger partial charge in [-0.1, -0.05) is 36.4 Å². The van der Waals surface area contributed by atoms with Gasteiger partial charge < -0.3 is 10.4 Å². The van der Waals surface area contributed by atoms with Crippen LogP contribution in [0.25, 0.3) is 0 Å². The highest BCUT2D eigenvalue weighted by Crippen LogP contribution is 2.18. The Labute approximate surface area is 133 Å². The van der Waals surface area contributed by atoms with Crippen molar-refractivity contribution >= 4 is 11.6 Å². The van der Waals surface area contributed by atoms with Crippen molar-refractivity contribution in [3.8, 4) is 0 Å². The van der Waals surface area contributed by atoms with E-state index in [-0.39, 0.29) is 17.3 Å². The monoisotopic (exact) mass is 314 g/mol. The second-order valence-corrected chi connectivity index (χ2v) is 5.34. The molecule has 0 spiro atoms. The number of benzene rings is 2. The van der Waals surface area contributed by atoms with Gasteiger partial charge in [-0.3, -0.25) is 14.9 Å². The molecule has 2 rings (SSSR count). The molecule has 0 saturated heterocycles. The fourth-order valence-electron chi connectivity index (χ4n) is 2.27. The smallest absolute Gasteiger partial charge is 0.270 e. The molecule has 0 heterocycles. The molecule has 0 radical (unpaired) electrons. The van der Waals surface area contributed by atoms with Crippen molar-refractivity contribution in [1.82, 2.24) is 5.32 Å². The summed E-state index contributed by atoms with van der Waals surface area (Å²) < 4.78 is 0. The Kier molecular flexibility index (Phi) is 5.43. The lowest BCUT2D eigenvalue weighted by Crippen LogP contribution is -2.33. The number of rotatable bonds is 6. The molecule has 0 unspecified atom stereocenters. The lowest BCUT2D eigenvalue weighted by atomic mass is 10.0. The van der Waals surface area contributed by atoms with E-state index >= 15 is 0 Å². The molecule has 2 N–H and O–H groups in total. The van der Waals surface area contributed by atoms with E-state index in [9.17, 15) is 20.0 Å². The molecule has 2 aromatic carbocycles. The number of nitro benzene ring substituents is 1. The van der Waals surface area contributed by atoms with E-state index in [4.69, 9.17) is 0 Å². The number of hydrogen-bond donors (Lipinski definition) is 2. The van der Waals surface area contributed by atoms with Crippen LogP contribution in [0, 0.1) is 10.1 Å². The zero-order valence-electron chi connectivity index (χ0n) is 12.7. The molecule has 0 aromatic heterocycles. The number of non-ortho nitro benzene ring substituents is 1. The zero-order valence-corrected chi connectivity index (χ0v) is 12.7. The highest BCUT2D eigenvalue weighted by atomic mass is 16.6. The summed E-state index contributed by atoms with van der Waals surface area (Å²) in [6, 6.07) is 14.4. The Morgan fingerprint density at radius 1 is 1.22 bits per heavy atom. The van der Waals surface area contributed by atoms with Crippen molar-refractivity contribution in [3.63, 3.8) is 0 Å². The fraction of sp³-hybridized carbons (Fsp3) is 0.235. The van der Waals surface area contributed by atoms with E-state index in [1.807, 2.05) is 30.3 Å². The summed E-state index contributed by atoms with van der Waals surface area (Å²) in [6.45, 7) is 1.78. The molecular formula is C17H18N2O4. The van der Waals surface area contributed by atoms with Crippen LogP contribution < -0.4 is 5.32 Å². The Hall–Kier alpha value is -2.73. The highest BCUT2D eigenvalue weighted by molar-refractivity contribution is 5.94. The first kappa shape index (κ1) is 16.6. The van der Waals surface area contributed by atoms with E-state index < -0.39 is 16.9 Å². The number of nitrogens with one attached hydrogen (secondary N) is 1. The van der Waals surface area contributed by atoms with E-state index in [0.29, 0.717) is 6.42 Å². The number of carbonyl (C=O) groups excluding carboxylic acids is 1. The molecule has 0 saturated carbocycles.